The van der Waals surface area contributed by atoms with Crippen LogP contribution < -0.4 is 9.62 Å². The molecule has 1 heterocycles. The average molecular weight is 387 g/mol. The first-order valence-electron chi connectivity index (χ1n) is 9.21. The van der Waals surface area contributed by atoms with Crippen LogP contribution in [0.5, 0.6) is 0 Å². The molecule has 0 aliphatic carbocycles. The summed E-state index contributed by atoms with van der Waals surface area (Å²) in [6.45, 7) is 8.18. The summed E-state index contributed by atoms with van der Waals surface area (Å²) < 4.78 is 28.9. The lowest BCUT2D eigenvalue weighted by Crippen LogP contribution is -2.35. The van der Waals surface area contributed by atoms with Crippen LogP contribution in [0.3, 0.4) is 0 Å². The van der Waals surface area contributed by atoms with E-state index in [-0.39, 0.29) is 5.91 Å². The van der Waals surface area contributed by atoms with Gasteiger partial charge in [-0.3, -0.25) is 9.52 Å². The van der Waals surface area contributed by atoms with Gasteiger partial charge in [-0.1, -0.05) is 12.1 Å². The minimum Gasteiger partial charge on any atom is -0.312 e. The fourth-order valence-corrected chi connectivity index (χ4v) is 5.27. The Balaban J connectivity index is 1.96. The number of nitrogens with zero attached hydrogens (tertiary/aromatic N) is 1. The third kappa shape index (κ3) is 3.86. The van der Waals surface area contributed by atoms with Gasteiger partial charge in [0, 0.05) is 18.7 Å². The Labute approximate surface area is 161 Å². The summed E-state index contributed by atoms with van der Waals surface area (Å²) in [7, 11) is -3.73. The van der Waals surface area contributed by atoms with Crippen LogP contribution in [-0.4, -0.2) is 20.9 Å². The van der Waals surface area contributed by atoms with Crippen LogP contribution in [0.25, 0.3) is 0 Å². The molecule has 2 aromatic carbocycles. The first-order chi connectivity index (χ1) is 12.7. The quantitative estimate of drug-likeness (QED) is 0.855. The lowest BCUT2D eigenvalue weighted by Gasteiger charge is -2.27. The maximum atomic E-state index is 13.1. The molecule has 0 unspecified atom stereocenters. The van der Waals surface area contributed by atoms with Crippen LogP contribution >= 0.6 is 0 Å². The molecule has 0 aromatic heterocycles. The molecule has 0 atom stereocenters. The number of hydrogen-bond acceptors (Lipinski definition) is 3. The van der Waals surface area contributed by atoms with Crippen LogP contribution in [0.15, 0.2) is 35.2 Å². The van der Waals surface area contributed by atoms with E-state index in [1.807, 2.05) is 39.8 Å². The van der Waals surface area contributed by atoms with Crippen molar-refractivity contribution in [3.63, 3.8) is 0 Å². The highest BCUT2D eigenvalue weighted by Crippen LogP contribution is 2.29. The Morgan fingerprint density at radius 3 is 2.26 bits per heavy atom. The molecule has 0 spiro atoms. The molecule has 6 heteroatoms. The normalized spacial score (nSPS) is 15.1. The SMILES string of the molecule is Cc1cc(C)c(C)c(S(=O)(=O)Nc2cccc(N3CCCCC3=O)c2)c1C. The van der Waals surface area contributed by atoms with Crippen LogP contribution in [-0.2, 0) is 14.8 Å². The van der Waals surface area contributed by atoms with Gasteiger partial charge in [0.25, 0.3) is 10.0 Å². The highest BCUT2D eigenvalue weighted by molar-refractivity contribution is 7.92. The summed E-state index contributed by atoms with van der Waals surface area (Å²) in [4.78, 5) is 14.2. The molecule has 0 bridgehead atoms. The number of carbonyl (C=O) groups excluding carboxylic acids is 1. The van der Waals surface area contributed by atoms with Gasteiger partial charge >= 0.3 is 0 Å². The number of amides is 1. The van der Waals surface area contributed by atoms with Crippen LogP contribution in [0, 0.1) is 27.7 Å². The maximum Gasteiger partial charge on any atom is 0.262 e. The smallest absolute Gasteiger partial charge is 0.262 e. The number of piperidine rings is 1. The standard InChI is InChI=1S/C21H26N2O3S/c1-14-12-15(2)17(4)21(16(14)3)27(25,26)22-18-8-7-9-19(13-18)23-11-6-5-10-20(23)24/h7-9,12-13,22H,5-6,10-11H2,1-4H3. The minimum absolute atomic E-state index is 0.0854. The van der Waals surface area contributed by atoms with Gasteiger partial charge in [0.2, 0.25) is 5.91 Å². The van der Waals surface area contributed by atoms with Crippen molar-refractivity contribution >= 4 is 27.3 Å². The topological polar surface area (TPSA) is 66.5 Å². The Morgan fingerprint density at radius 1 is 0.963 bits per heavy atom. The molecule has 144 valence electrons. The second kappa shape index (κ2) is 7.35. The van der Waals surface area contributed by atoms with Gasteiger partial charge < -0.3 is 4.90 Å². The van der Waals surface area contributed by atoms with Gasteiger partial charge in [-0.15, -0.1) is 0 Å². The number of anilines is 2. The number of nitrogens with one attached hydrogen (secondary N) is 1. The maximum absolute atomic E-state index is 13.1. The second-order valence-corrected chi connectivity index (χ2v) is 8.87. The van der Waals surface area contributed by atoms with Crippen molar-refractivity contribution in [1.29, 1.82) is 0 Å². The zero-order chi connectivity index (χ0) is 19.8. The van der Waals surface area contributed by atoms with Gasteiger partial charge in [-0.25, -0.2) is 8.42 Å². The second-order valence-electron chi connectivity index (χ2n) is 7.25. The van der Waals surface area contributed by atoms with Gasteiger partial charge in [-0.2, -0.15) is 0 Å². The molecule has 5 nitrogen and oxygen atoms in total. The van der Waals surface area contributed by atoms with E-state index in [1.165, 1.54) is 0 Å². The fraction of sp³-hybridized carbons (Fsp3) is 0.381. The Bertz CT molecular complexity index is 970. The van der Waals surface area contributed by atoms with Gasteiger partial charge in [0.1, 0.15) is 0 Å². The van der Waals surface area contributed by atoms with E-state index in [9.17, 15) is 13.2 Å². The molecular formula is C21H26N2O3S. The van der Waals surface area contributed by atoms with Crippen molar-refractivity contribution in [1.82, 2.24) is 0 Å². The minimum atomic E-state index is -3.73. The summed E-state index contributed by atoms with van der Waals surface area (Å²) in [5.41, 5.74) is 4.61. The average Bonchev–Trinajstić information content (AvgIpc) is 2.60. The van der Waals surface area contributed by atoms with E-state index in [2.05, 4.69) is 4.72 Å². The van der Waals surface area contributed by atoms with E-state index in [1.54, 1.807) is 23.1 Å². The zero-order valence-electron chi connectivity index (χ0n) is 16.3. The van der Waals surface area contributed by atoms with Crippen molar-refractivity contribution < 1.29 is 13.2 Å². The predicted octanol–water partition coefficient (Wildman–Crippen LogP) is 4.24. The predicted molar refractivity (Wildman–Crippen MR) is 109 cm³/mol. The first-order valence-corrected chi connectivity index (χ1v) is 10.7. The molecule has 1 aliphatic rings. The monoisotopic (exact) mass is 386 g/mol. The van der Waals surface area contributed by atoms with E-state index in [0.717, 1.165) is 40.8 Å². The van der Waals surface area contributed by atoms with Crippen molar-refractivity contribution in [2.24, 2.45) is 0 Å². The lowest BCUT2D eigenvalue weighted by molar-refractivity contribution is -0.119. The molecule has 1 fully saturated rings. The molecule has 1 aliphatic heterocycles. The van der Waals surface area contributed by atoms with Crippen molar-refractivity contribution in [3.05, 3.63) is 52.6 Å². The van der Waals surface area contributed by atoms with Gasteiger partial charge in [-0.05, 0) is 81.0 Å². The Kier molecular flexibility index (Phi) is 5.29. The van der Waals surface area contributed by atoms with Gasteiger partial charge in [0.15, 0.2) is 0 Å². The third-order valence-electron chi connectivity index (χ3n) is 5.30. The molecule has 0 radical (unpaired) electrons. The van der Waals surface area contributed by atoms with E-state index >= 15 is 0 Å². The van der Waals surface area contributed by atoms with E-state index in [4.69, 9.17) is 0 Å². The summed E-state index contributed by atoms with van der Waals surface area (Å²) in [6.07, 6.45) is 2.41. The summed E-state index contributed by atoms with van der Waals surface area (Å²) in [5.74, 6) is 0.0854. The number of benzene rings is 2. The fourth-order valence-electron chi connectivity index (χ4n) is 3.61. The molecule has 1 N–H and O–H groups in total. The van der Waals surface area contributed by atoms with Crippen LogP contribution in [0.2, 0.25) is 0 Å². The highest BCUT2D eigenvalue weighted by atomic mass is 32.2. The van der Waals surface area contributed by atoms with Crippen molar-refractivity contribution in [2.45, 2.75) is 51.9 Å². The van der Waals surface area contributed by atoms with Crippen molar-refractivity contribution in [3.8, 4) is 0 Å². The summed E-state index contributed by atoms with van der Waals surface area (Å²) in [5, 5.41) is 0. The number of carbonyl (C=O) groups is 1. The highest BCUT2D eigenvalue weighted by Gasteiger charge is 2.23. The Morgan fingerprint density at radius 2 is 1.63 bits per heavy atom. The number of aryl methyl sites for hydroxylation is 2. The molecule has 0 saturated carbocycles. The zero-order valence-corrected chi connectivity index (χ0v) is 17.1. The van der Waals surface area contributed by atoms with E-state index < -0.39 is 10.0 Å². The molecular weight excluding hydrogens is 360 g/mol. The van der Waals surface area contributed by atoms with Crippen LogP contribution in [0.1, 0.15) is 41.5 Å². The summed E-state index contributed by atoms with van der Waals surface area (Å²) >= 11 is 0. The molecule has 2 aromatic rings. The third-order valence-corrected chi connectivity index (χ3v) is 6.95. The largest absolute Gasteiger partial charge is 0.312 e. The van der Waals surface area contributed by atoms with Crippen LogP contribution in [0.4, 0.5) is 11.4 Å². The number of hydrogen-bond donors (Lipinski definition) is 1. The van der Waals surface area contributed by atoms with E-state index in [0.29, 0.717) is 23.5 Å². The lowest BCUT2D eigenvalue weighted by atomic mass is 10.0. The van der Waals surface area contributed by atoms with Crippen molar-refractivity contribution in [2.75, 3.05) is 16.2 Å². The number of sulfonamides is 1. The summed E-state index contributed by atoms with van der Waals surface area (Å²) in [6, 6.07) is 9.06. The first kappa shape index (κ1) is 19.4. The molecule has 27 heavy (non-hydrogen) atoms. The molecule has 1 amide bonds. The number of rotatable bonds is 4. The van der Waals surface area contributed by atoms with Gasteiger partial charge in [0.05, 0.1) is 10.6 Å². The molecule has 1 saturated heterocycles. The Hall–Kier alpha value is -2.34. The molecule has 3 rings (SSSR count).